The van der Waals surface area contributed by atoms with Gasteiger partial charge in [-0.05, 0) is 41.8 Å². The van der Waals surface area contributed by atoms with Crippen molar-refractivity contribution in [3.05, 3.63) is 89.4 Å². The first kappa shape index (κ1) is 16.1. The Kier molecular flexibility index (Phi) is 4.27. The third kappa shape index (κ3) is 3.11. The molecule has 0 bridgehead atoms. The summed E-state index contributed by atoms with van der Waals surface area (Å²) < 4.78 is 5.12. The zero-order valence-electron chi connectivity index (χ0n) is 14.1. The van der Waals surface area contributed by atoms with Crippen molar-refractivity contribution in [1.82, 2.24) is 4.90 Å². The maximum atomic E-state index is 13.0. The van der Waals surface area contributed by atoms with E-state index in [-0.39, 0.29) is 17.6 Å². The molecule has 5 nitrogen and oxygen atoms in total. The molecule has 0 aliphatic carbocycles. The number of fused-ring (bicyclic) bond motifs is 1. The summed E-state index contributed by atoms with van der Waals surface area (Å²) in [7, 11) is 0. The normalized spacial score (nSPS) is 13.2. The Morgan fingerprint density at radius 1 is 0.923 bits per heavy atom. The Bertz CT molecular complexity index is 947. The number of nitrogens with zero attached hydrogens (tertiary/aromatic N) is 1. The lowest BCUT2D eigenvalue weighted by atomic mass is 9.99. The molecule has 2 amide bonds. The fourth-order valence-electron chi connectivity index (χ4n) is 3.21. The number of carbonyl (C=O) groups is 2. The average molecular weight is 346 g/mol. The number of carbonyl (C=O) groups excluding carboxylic acids is 2. The van der Waals surface area contributed by atoms with Gasteiger partial charge in [0.15, 0.2) is 5.76 Å². The van der Waals surface area contributed by atoms with Crippen LogP contribution in [-0.2, 0) is 13.0 Å². The second kappa shape index (κ2) is 6.88. The van der Waals surface area contributed by atoms with E-state index in [1.165, 1.54) is 17.4 Å². The summed E-state index contributed by atoms with van der Waals surface area (Å²) >= 11 is 0. The number of para-hydroxylation sites is 1. The van der Waals surface area contributed by atoms with Crippen LogP contribution in [0.1, 0.15) is 32.0 Å². The summed E-state index contributed by atoms with van der Waals surface area (Å²) in [6.45, 7) is 1.24. The standard InChI is InChI=1S/C21H18N2O3/c24-20(19-10-5-13-26-19)22-18-9-4-3-8-17(18)21(25)23-12-11-15-6-1-2-7-16(15)14-23/h1-10,13H,11-12,14H2,(H,22,24). The van der Waals surface area contributed by atoms with Crippen molar-refractivity contribution in [2.45, 2.75) is 13.0 Å². The summed E-state index contributed by atoms with van der Waals surface area (Å²) in [5, 5.41) is 2.77. The molecule has 26 heavy (non-hydrogen) atoms. The Morgan fingerprint density at radius 3 is 2.50 bits per heavy atom. The zero-order valence-corrected chi connectivity index (χ0v) is 14.1. The molecule has 0 atom stereocenters. The van der Waals surface area contributed by atoms with E-state index >= 15 is 0 Å². The van der Waals surface area contributed by atoms with E-state index < -0.39 is 0 Å². The van der Waals surface area contributed by atoms with Crippen LogP contribution in [0.25, 0.3) is 0 Å². The predicted octanol–water partition coefficient (Wildman–Crippen LogP) is 3.73. The SMILES string of the molecule is O=C(Nc1ccccc1C(=O)N1CCc2ccccc2C1)c1ccco1. The lowest BCUT2D eigenvalue weighted by molar-refractivity contribution is 0.0736. The van der Waals surface area contributed by atoms with E-state index in [0.717, 1.165) is 6.42 Å². The third-order valence-electron chi connectivity index (χ3n) is 4.57. The maximum Gasteiger partial charge on any atom is 0.291 e. The lowest BCUT2D eigenvalue weighted by Gasteiger charge is -2.29. The van der Waals surface area contributed by atoms with E-state index in [4.69, 9.17) is 4.42 Å². The van der Waals surface area contributed by atoms with Gasteiger partial charge >= 0.3 is 0 Å². The maximum absolute atomic E-state index is 13.0. The number of hydrogen-bond acceptors (Lipinski definition) is 3. The van der Waals surface area contributed by atoms with Gasteiger partial charge in [0, 0.05) is 13.1 Å². The monoisotopic (exact) mass is 346 g/mol. The van der Waals surface area contributed by atoms with Gasteiger partial charge in [-0.15, -0.1) is 0 Å². The number of hydrogen-bond donors (Lipinski definition) is 1. The van der Waals surface area contributed by atoms with Gasteiger partial charge in [-0.1, -0.05) is 36.4 Å². The summed E-state index contributed by atoms with van der Waals surface area (Å²) in [4.78, 5) is 27.1. The van der Waals surface area contributed by atoms with E-state index in [9.17, 15) is 9.59 Å². The molecule has 1 aliphatic rings. The molecule has 1 aromatic heterocycles. The van der Waals surface area contributed by atoms with Crippen molar-refractivity contribution in [2.24, 2.45) is 0 Å². The number of rotatable bonds is 3. The molecule has 0 saturated heterocycles. The van der Waals surface area contributed by atoms with Gasteiger partial charge in [0.05, 0.1) is 17.5 Å². The van der Waals surface area contributed by atoms with Gasteiger partial charge in [-0.2, -0.15) is 0 Å². The molecule has 130 valence electrons. The van der Waals surface area contributed by atoms with Crippen molar-refractivity contribution in [3.63, 3.8) is 0 Å². The van der Waals surface area contributed by atoms with Gasteiger partial charge in [0.2, 0.25) is 0 Å². The molecule has 0 saturated carbocycles. The van der Waals surface area contributed by atoms with Crippen LogP contribution < -0.4 is 5.32 Å². The van der Waals surface area contributed by atoms with Crippen LogP contribution in [0, 0.1) is 0 Å². The van der Waals surface area contributed by atoms with E-state index in [0.29, 0.717) is 24.3 Å². The molecule has 2 aromatic carbocycles. The highest BCUT2D eigenvalue weighted by Crippen LogP contribution is 2.23. The smallest absolute Gasteiger partial charge is 0.291 e. The minimum atomic E-state index is -0.376. The van der Waals surface area contributed by atoms with Crippen LogP contribution in [-0.4, -0.2) is 23.3 Å². The van der Waals surface area contributed by atoms with Crippen LogP contribution >= 0.6 is 0 Å². The number of furan rings is 1. The zero-order chi connectivity index (χ0) is 17.9. The second-order valence-corrected chi connectivity index (χ2v) is 6.22. The second-order valence-electron chi connectivity index (χ2n) is 6.22. The molecule has 3 aromatic rings. The van der Waals surface area contributed by atoms with Crippen molar-refractivity contribution in [1.29, 1.82) is 0 Å². The molecule has 0 fully saturated rings. The molecular weight excluding hydrogens is 328 g/mol. The van der Waals surface area contributed by atoms with Gasteiger partial charge < -0.3 is 14.6 Å². The van der Waals surface area contributed by atoms with E-state index in [1.807, 2.05) is 17.0 Å². The molecule has 5 heteroatoms. The topological polar surface area (TPSA) is 62.6 Å². The molecule has 0 spiro atoms. The Hall–Kier alpha value is -3.34. The van der Waals surface area contributed by atoms with Crippen LogP contribution in [0.15, 0.2) is 71.3 Å². The molecule has 1 aliphatic heterocycles. The molecule has 1 N–H and O–H groups in total. The van der Waals surface area contributed by atoms with Crippen LogP contribution in [0.3, 0.4) is 0 Å². The lowest BCUT2D eigenvalue weighted by Crippen LogP contribution is -2.36. The molecule has 0 radical (unpaired) electrons. The first-order chi connectivity index (χ1) is 12.7. The van der Waals surface area contributed by atoms with E-state index in [2.05, 4.69) is 17.4 Å². The molecule has 2 heterocycles. The van der Waals surface area contributed by atoms with Crippen LogP contribution in [0.2, 0.25) is 0 Å². The Labute approximate surface area is 151 Å². The summed E-state index contributed by atoms with van der Waals surface area (Å²) in [6.07, 6.45) is 2.28. The van der Waals surface area contributed by atoms with Gasteiger partial charge in [0.1, 0.15) is 0 Å². The number of nitrogens with one attached hydrogen (secondary N) is 1. The minimum Gasteiger partial charge on any atom is -0.459 e. The summed E-state index contributed by atoms with van der Waals surface area (Å²) in [5.74, 6) is -0.256. The first-order valence-electron chi connectivity index (χ1n) is 8.52. The average Bonchev–Trinajstić information content (AvgIpc) is 3.22. The number of amides is 2. The molecule has 0 unspecified atom stereocenters. The predicted molar refractivity (Wildman–Crippen MR) is 98.0 cm³/mol. The van der Waals surface area contributed by atoms with Crippen molar-refractivity contribution in [2.75, 3.05) is 11.9 Å². The molecular formula is C21H18N2O3. The quantitative estimate of drug-likeness (QED) is 0.786. The van der Waals surface area contributed by atoms with Crippen molar-refractivity contribution < 1.29 is 14.0 Å². The fourth-order valence-corrected chi connectivity index (χ4v) is 3.21. The van der Waals surface area contributed by atoms with Crippen molar-refractivity contribution in [3.8, 4) is 0 Å². The van der Waals surface area contributed by atoms with Crippen LogP contribution in [0.5, 0.6) is 0 Å². The highest BCUT2D eigenvalue weighted by Gasteiger charge is 2.24. The fraction of sp³-hybridized carbons (Fsp3) is 0.143. The largest absolute Gasteiger partial charge is 0.459 e. The third-order valence-corrected chi connectivity index (χ3v) is 4.57. The number of anilines is 1. The highest BCUT2D eigenvalue weighted by molar-refractivity contribution is 6.07. The summed E-state index contributed by atoms with van der Waals surface area (Å²) in [5.41, 5.74) is 3.42. The van der Waals surface area contributed by atoms with Gasteiger partial charge in [-0.3, -0.25) is 9.59 Å². The number of benzene rings is 2. The van der Waals surface area contributed by atoms with E-state index in [1.54, 1.807) is 36.4 Å². The van der Waals surface area contributed by atoms with Crippen molar-refractivity contribution >= 4 is 17.5 Å². The summed E-state index contributed by atoms with van der Waals surface area (Å²) in [6, 6.07) is 18.5. The van der Waals surface area contributed by atoms with Gasteiger partial charge in [0.25, 0.3) is 11.8 Å². The van der Waals surface area contributed by atoms with Crippen LogP contribution in [0.4, 0.5) is 5.69 Å². The minimum absolute atomic E-state index is 0.0881. The van der Waals surface area contributed by atoms with Gasteiger partial charge in [-0.25, -0.2) is 0 Å². The Balaban J connectivity index is 1.56. The first-order valence-corrected chi connectivity index (χ1v) is 8.52. The highest BCUT2D eigenvalue weighted by atomic mass is 16.3. The molecule has 4 rings (SSSR count). The Morgan fingerprint density at radius 2 is 1.69 bits per heavy atom.